The van der Waals surface area contributed by atoms with Crippen molar-refractivity contribution in [3.63, 3.8) is 0 Å². The van der Waals surface area contributed by atoms with Gasteiger partial charge in [-0.05, 0) is 12.1 Å². The molecule has 60 valence electrons. The van der Waals surface area contributed by atoms with Crippen molar-refractivity contribution in [2.45, 2.75) is 0 Å². The van der Waals surface area contributed by atoms with Crippen molar-refractivity contribution in [2.24, 2.45) is 0 Å². The molecule has 0 aromatic carbocycles. The second kappa shape index (κ2) is 2.30. The van der Waals surface area contributed by atoms with E-state index in [1.165, 1.54) is 16.9 Å². The van der Waals surface area contributed by atoms with Gasteiger partial charge in [0.05, 0.1) is 6.20 Å². The molecule has 0 amide bonds. The number of aromatic nitrogens is 3. The summed E-state index contributed by atoms with van der Waals surface area (Å²) in [5, 5.41) is 12.5. The van der Waals surface area contributed by atoms with Crippen molar-refractivity contribution < 1.29 is 9.90 Å². The number of carboxylic acids is 1. The molecule has 0 unspecified atom stereocenters. The second-order valence-electron chi connectivity index (χ2n) is 2.24. The fourth-order valence-corrected chi connectivity index (χ4v) is 0.975. The first-order chi connectivity index (χ1) is 5.79. The lowest BCUT2D eigenvalue weighted by Gasteiger charge is -1.92. The molecule has 12 heavy (non-hydrogen) atoms. The van der Waals surface area contributed by atoms with Gasteiger partial charge in [-0.1, -0.05) is 0 Å². The van der Waals surface area contributed by atoms with Crippen molar-refractivity contribution in [2.75, 3.05) is 0 Å². The van der Waals surface area contributed by atoms with Crippen LogP contribution in [0, 0.1) is 0 Å². The topological polar surface area (TPSA) is 67.5 Å². The maximum absolute atomic E-state index is 10.6. The minimum atomic E-state index is -1.03. The molecule has 2 heterocycles. The van der Waals surface area contributed by atoms with Crippen LogP contribution in [0.15, 0.2) is 24.5 Å². The summed E-state index contributed by atoms with van der Waals surface area (Å²) >= 11 is 0. The molecule has 0 radical (unpaired) electrons. The summed E-state index contributed by atoms with van der Waals surface area (Å²) in [6.07, 6.45) is 2.80. The lowest BCUT2D eigenvalue weighted by molar-refractivity contribution is 0.0688. The number of carboxylic acid groups (broad SMARTS) is 1. The van der Waals surface area contributed by atoms with Crippen LogP contribution in [-0.2, 0) is 0 Å². The molecule has 2 rings (SSSR count). The van der Waals surface area contributed by atoms with E-state index in [4.69, 9.17) is 5.11 Å². The Morgan fingerprint density at radius 2 is 2.42 bits per heavy atom. The SMILES string of the molecule is O=C(O)c1cnc2cccnn12. The van der Waals surface area contributed by atoms with Gasteiger partial charge in [0.25, 0.3) is 0 Å². The summed E-state index contributed by atoms with van der Waals surface area (Å²) in [5.41, 5.74) is 0.612. The number of nitrogens with zero attached hydrogens (tertiary/aromatic N) is 3. The highest BCUT2D eigenvalue weighted by Gasteiger charge is 2.09. The summed E-state index contributed by atoms with van der Waals surface area (Å²) in [6.45, 7) is 0. The number of aromatic carboxylic acids is 1. The van der Waals surface area contributed by atoms with Gasteiger partial charge in [-0.25, -0.2) is 14.3 Å². The number of imidazole rings is 1. The van der Waals surface area contributed by atoms with Crippen molar-refractivity contribution in [3.8, 4) is 0 Å². The van der Waals surface area contributed by atoms with Gasteiger partial charge in [0, 0.05) is 6.20 Å². The highest BCUT2D eigenvalue weighted by molar-refractivity contribution is 5.86. The van der Waals surface area contributed by atoms with E-state index in [0.717, 1.165) is 0 Å². The number of hydrogen-bond acceptors (Lipinski definition) is 3. The number of carbonyl (C=O) groups is 1. The summed E-state index contributed by atoms with van der Waals surface area (Å²) in [6, 6.07) is 3.40. The van der Waals surface area contributed by atoms with Gasteiger partial charge < -0.3 is 5.11 Å². The lowest BCUT2D eigenvalue weighted by Crippen LogP contribution is -2.03. The van der Waals surface area contributed by atoms with Crippen molar-refractivity contribution in [1.29, 1.82) is 0 Å². The van der Waals surface area contributed by atoms with Crippen LogP contribution in [0.3, 0.4) is 0 Å². The molecule has 0 spiro atoms. The van der Waals surface area contributed by atoms with Gasteiger partial charge >= 0.3 is 5.97 Å². The highest BCUT2D eigenvalue weighted by atomic mass is 16.4. The molecule has 2 aromatic rings. The standard InChI is InChI=1S/C7H5N3O2/c11-7(12)5-4-8-6-2-1-3-9-10(5)6/h1-4H,(H,11,12). The number of hydrogen-bond donors (Lipinski definition) is 1. The molecule has 0 aliphatic carbocycles. The van der Waals surface area contributed by atoms with Gasteiger partial charge in [0.15, 0.2) is 11.3 Å². The Labute approximate surface area is 67.3 Å². The summed E-state index contributed by atoms with van der Waals surface area (Å²) in [4.78, 5) is 14.4. The monoisotopic (exact) mass is 163 g/mol. The average molecular weight is 163 g/mol. The molecule has 0 aliphatic rings. The quantitative estimate of drug-likeness (QED) is 0.661. The Hall–Kier alpha value is -1.91. The summed E-state index contributed by atoms with van der Waals surface area (Å²) in [5.74, 6) is -1.03. The third-order valence-corrected chi connectivity index (χ3v) is 1.50. The molecule has 0 bridgehead atoms. The zero-order chi connectivity index (χ0) is 8.55. The minimum absolute atomic E-state index is 0.0746. The molecule has 0 aliphatic heterocycles. The molecule has 0 saturated heterocycles. The van der Waals surface area contributed by atoms with Gasteiger partial charge in [-0.3, -0.25) is 0 Å². The highest BCUT2D eigenvalue weighted by Crippen LogP contribution is 2.02. The number of fused-ring (bicyclic) bond motifs is 1. The Kier molecular flexibility index (Phi) is 1.30. The van der Waals surface area contributed by atoms with E-state index in [9.17, 15) is 4.79 Å². The first kappa shape index (κ1) is 6.78. The number of rotatable bonds is 1. The Morgan fingerprint density at radius 3 is 3.17 bits per heavy atom. The van der Waals surface area contributed by atoms with E-state index >= 15 is 0 Å². The molecular weight excluding hydrogens is 158 g/mol. The molecule has 0 fully saturated rings. The van der Waals surface area contributed by atoms with E-state index in [0.29, 0.717) is 5.65 Å². The third-order valence-electron chi connectivity index (χ3n) is 1.50. The zero-order valence-electron chi connectivity index (χ0n) is 6.01. The first-order valence-electron chi connectivity index (χ1n) is 3.31. The van der Waals surface area contributed by atoms with Gasteiger partial charge in [0.1, 0.15) is 0 Å². The second-order valence-corrected chi connectivity index (χ2v) is 2.24. The van der Waals surface area contributed by atoms with Crippen molar-refractivity contribution >= 4 is 11.6 Å². The van der Waals surface area contributed by atoms with Crippen LogP contribution in [0.25, 0.3) is 5.65 Å². The van der Waals surface area contributed by atoms with Crippen LogP contribution in [0.5, 0.6) is 0 Å². The molecular formula is C7H5N3O2. The van der Waals surface area contributed by atoms with Gasteiger partial charge in [0.2, 0.25) is 0 Å². The van der Waals surface area contributed by atoms with Gasteiger partial charge in [-0.2, -0.15) is 5.10 Å². The van der Waals surface area contributed by atoms with Gasteiger partial charge in [-0.15, -0.1) is 0 Å². The molecule has 5 nitrogen and oxygen atoms in total. The van der Waals surface area contributed by atoms with E-state index in [1.807, 2.05) is 0 Å². The Bertz CT molecular complexity index is 435. The minimum Gasteiger partial charge on any atom is -0.476 e. The lowest BCUT2D eigenvalue weighted by atomic mass is 10.5. The van der Waals surface area contributed by atoms with E-state index < -0.39 is 5.97 Å². The van der Waals surface area contributed by atoms with Crippen LogP contribution in [0.2, 0.25) is 0 Å². The fraction of sp³-hybridized carbons (Fsp3) is 0. The fourth-order valence-electron chi connectivity index (χ4n) is 0.975. The Morgan fingerprint density at radius 1 is 1.58 bits per heavy atom. The summed E-state index contributed by atoms with van der Waals surface area (Å²) < 4.78 is 1.28. The molecule has 0 saturated carbocycles. The predicted octanol–water partition coefficient (Wildman–Crippen LogP) is 0.427. The third kappa shape index (κ3) is 0.833. The van der Waals surface area contributed by atoms with Crippen LogP contribution >= 0.6 is 0 Å². The first-order valence-corrected chi connectivity index (χ1v) is 3.31. The predicted molar refractivity (Wildman–Crippen MR) is 39.9 cm³/mol. The normalized spacial score (nSPS) is 10.3. The van der Waals surface area contributed by atoms with E-state index in [-0.39, 0.29) is 5.69 Å². The van der Waals surface area contributed by atoms with E-state index in [1.54, 1.807) is 12.1 Å². The van der Waals surface area contributed by atoms with Crippen LogP contribution in [-0.4, -0.2) is 25.7 Å². The molecule has 2 aromatic heterocycles. The molecule has 0 atom stereocenters. The van der Waals surface area contributed by atoms with E-state index in [2.05, 4.69) is 10.1 Å². The van der Waals surface area contributed by atoms with Crippen LogP contribution in [0.1, 0.15) is 10.5 Å². The van der Waals surface area contributed by atoms with Crippen molar-refractivity contribution in [1.82, 2.24) is 14.6 Å². The summed E-state index contributed by atoms with van der Waals surface area (Å²) in [7, 11) is 0. The largest absolute Gasteiger partial charge is 0.476 e. The maximum Gasteiger partial charge on any atom is 0.356 e. The molecule has 1 N–H and O–H groups in total. The zero-order valence-corrected chi connectivity index (χ0v) is 6.01. The van der Waals surface area contributed by atoms with Crippen molar-refractivity contribution in [3.05, 3.63) is 30.2 Å². The van der Waals surface area contributed by atoms with Crippen LogP contribution in [0.4, 0.5) is 0 Å². The average Bonchev–Trinajstić information content (AvgIpc) is 2.47. The maximum atomic E-state index is 10.6. The molecule has 5 heteroatoms. The van der Waals surface area contributed by atoms with Crippen LogP contribution < -0.4 is 0 Å². The smallest absolute Gasteiger partial charge is 0.356 e. The Balaban J connectivity index is 2.79.